The molecule has 0 saturated heterocycles. The first-order chi connectivity index (χ1) is 6.71. The van der Waals surface area contributed by atoms with Gasteiger partial charge in [0.25, 0.3) is 0 Å². The topological polar surface area (TPSA) is 60.8 Å². The van der Waals surface area contributed by atoms with Crippen LogP contribution < -0.4 is 0 Å². The standard InChI is InChI=1S/C11H23NO3/c1-6-7-9(13)8(2)12(10(14)15)11(3,4)5/h8-9,13H,6-7H2,1-5H3,(H,14,15)/t8-,9?/m0/s1. The smallest absolute Gasteiger partial charge is 0.408 e. The summed E-state index contributed by atoms with van der Waals surface area (Å²) in [6.45, 7) is 9.21. The van der Waals surface area contributed by atoms with Crippen LogP contribution in [0.2, 0.25) is 0 Å². The van der Waals surface area contributed by atoms with Crippen molar-refractivity contribution >= 4 is 6.09 Å². The first-order valence-corrected chi connectivity index (χ1v) is 5.42. The molecule has 2 N–H and O–H groups in total. The summed E-state index contributed by atoms with van der Waals surface area (Å²) >= 11 is 0. The van der Waals surface area contributed by atoms with Gasteiger partial charge in [-0.25, -0.2) is 4.79 Å². The predicted octanol–water partition coefficient (Wildman–Crippen LogP) is 2.31. The molecule has 1 unspecified atom stereocenters. The second kappa shape index (κ2) is 5.35. The number of aliphatic hydroxyl groups is 1. The van der Waals surface area contributed by atoms with Crippen LogP contribution in [-0.4, -0.2) is 38.9 Å². The largest absolute Gasteiger partial charge is 0.465 e. The normalized spacial score (nSPS) is 15.9. The van der Waals surface area contributed by atoms with Crippen molar-refractivity contribution in [1.29, 1.82) is 0 Å². The molecular formula is C11H23NO3. The first kappa shape index (κ1) is 14.2. The molecule has 90 valence electrons. The number of hydrogen-bond donors (Lipinski definition) is 2. The van der Waals surface area contributed by atoms with Gasteiger partial charge >= 0.3 is 6.09 Å². The lowest BCUT2D eigenvalue weighted by Gasteiger charge is -2.40. The lowest BCUT2D eigenvalue weighted by atomic mass is 9.99. The van der Waals surface area contributed by atoms with Crippen molar-refractivity contribution in [2.24, 2.45) is 0 Å². The highest BCUT2D eigenvalue weighted by Crippen LogP contribution is 2.20. The first-order valence-electron chi connectivity index (χ1n) is 5.42. The maximum absolute atomic E-state index is 11.1. The molecule has 0 aliphatic heterocycles. The van der Waals surface area contributed by atoms with Crippen LogP contribution in [0.3, 0.4) is 0 Å². The van der Waals surface area contributed by atoms with Crippen LogP contribution in [0.25, 0.3) is 0 Å². The van der Waals surface area contributed by atoms with Gasteiger partial charge in [0, 0.05) is 5.54 Å². The Hall–Kier alpha value is -0.770. The van der Waals surface area contributed by atoms with Gasteiger partial charge < -0.3 is 10.2 Å². The third-order valence-electron chi connectivity index (χ3n) is 2.48. The van der Waals surface area contributed by atoms with Crippen LogP contribution in [0.15, 0.2) is 0 Å². The van der Waals surface area contributed by atoms with E-state index in [1.165, 1.54) is 4.90 Å². The molecule has 0 heterocycles. The summed E-state index contributed by atoms with van der Waals surface area (Å²) in [5, 5.41) is 18.9. The number of carbonyl (C=O) groups is 1. The van der Waals surface area contributed by atoms with Gasteiger partial charge in [0.1, 0.15) is 0 Å². The van der Waals surface area contributed by atoms with E-state index in [0.717, 1.165) is 6.42 Å². The minimum Gasteiger partial charge on any atom is -0.465 e. The molecule has 0 radical (unpaired) electrons. The van der Waals surface area contributed by atoms with E-state index in [-0.39, 0.29) is 6.04 Å². The van der Waals surface area contributed by atoms with Gasteiger partial charge in [0.15, 0.2) is 0 Å². The molecule has 0 aromatic carbocycles. The van der Waals surface area contributed by atoms with Crippen LogP contribution in [0, 0.1) is 0 Å². The highest BCUT2D eigenvalue weighted by atomic mass is 16.4. The van der Waals surface area contributed by atoms with Crippen LogP contribution in [0.5, 0.6) is 0 Å². The second-order valence-electron chi connectivity index (χ2n) is 4.92. The minimum absolute atomic E-state index is 0.373. The zero-order valence-electron chi connectivity index (χ0n) is 10.3. The van der Waals surface area contributed by atoms with Crippen LogP contribution in [0.1, 0.15) is 47.5 Å². The average Bonchev–Trinajstić information content (AvgIpc) is 2.00. The number of carboxylic acid groups (broad SMARTS) is 1. The summed E-state index contributed by atoms with van der Waals surface area (Å²) in [5.74, 6) is 0. The molecule has 0 aliphatic carbocycles. The van der Waals surface area contributed by atoms with Crippen molar-refractivity contribution in [1.82, 2.24) is 4.90 Å². The summed E-state index contributed by atoms with van der Waals surface area (Å²) in [6.07, 6.45) is -0.0973. The van der Waals surface area contributed by atoms with Crippen molar-refractivity contribution in [2.75, 3.05) is 0 Å². The fourth-order valence-electron chi connectivity index (χ4n) is 1.78. The monoisotopic (exact) mass is 217 g/mol. The third-order valence-corrected chi connectivity index (χ3v) is 2.48. The van der Waals surface area contributed by atoms with Gasteiger partial charge in [-0.1, -0.05) is 13.3 Å². The molecule has 0 aliphatic rings. The maximum Gasteiger partial charge on any atom is 0.408 e. The van der Waals surface area contributed by atoms with E-state index in [0.29, 0.717) is 6.42 Å². The van der Waals surface area contributed by atoms with Gasteiger partial charge in [-0.2, -0.15) is 0 Å². The lowest BCUT2D eigenvalue weighted by molar-refractivity contribution is 0.0115. The second-order valence-corrected chi connectivity index (χ2v) is 4.92. The number of hydrogen-bond acceptors (Lipinski definition) is 2. The van der Waals surface area contributed by atoms with Gasteiger partial charge in [0.05, 0.1) is 12.1 Å². The van der Waals surface area contributed by atoms with E-state index in [4.69, 9.17) is 5.11 Å². The Kier molecular flexibility index (Phi) is 5.08. The predicted molar refractivity (Wildman–Crippen MR) is 60.0 cm³/mol. The Morgan fingerprint density at radius 2 is 1.87 bits per heavy atom. The Bertz CT molecular complexity index is 210. The van der Waals surface area contributed by atoms with Gasteiger partial charge in [0.2, 0.25) is 0 Å². The maximum atomic E-state index is 11.1. The van der Waals surface area contributed by atoms with E-state index in [2.05, 4.69) is 0 Å². The fourth-order valence-corrected chi connectivity index (χ4v) is 1.78. The van der Waals surface area contributed by atoms with E-state index >= 15 is 0 Å². The molecule has 0 bridgehead atoms. The number of amides is 1. The van der Waals surface area contributed by atoms with Crippen molar-refractivity contribution < 1.29 is 15.0 Å². The molecule has 2 atom stereocenters. The molecule has 0 aromatic rings. The Balaban J connectivity index is 4.71. The van der Waals surface area contributed by atoms with Crippen molar-refractivity contribution in [3.05, 3.63) is 0 Å². The van der Waals surface area contributed by atoms with E-state index < -0.39 is 17.7 Å². The molecule has 0 aromatic heterocycles. The molecule has 4 heteroatoms. The molecule has 0 saturated carbocycles. The highest BCUT2D eigenvalue weighted by Gasteiger charge is 2.33. The number of nitrogens with zero attached hydrogens (tertiary/aromatic N) is 1. The van der Waals surface area contributed by atoms with Crippen molar-refractivity contribution in [3.63, 3.8) is 0 Å². The Morgan fingerprint density at radius 1 is 1.40 bits per heavy atom. The zero-order valence-corrected chi connectivity index (χ0v) is 10.3. The van der Waals surface area contributed by atoms with Crippen molar-refractivity contribution in [2.45, 2.75) is 65.1 Å². The molecule has 15 heavy (non-hydrogen) atoms. The van der Waals surface area contributed by atoms with Crippen LogP contribution >= 0.6 is 0 Å². The van der Waals surface area contributed by atoms with Crippen LogP contribution in [0.4, 0.5) is 4.79 Å². The summed E-state index contributed by atoms with van der Waals surface area (Å²) in [4.78, 5) is 12.4. The van der Waals surface area contributed by atoms with Crippen molar-refractivity contribution in [3.8, 4) is 0 Å². The molecular weight excluding hydrogens is 194 g/mol. The highest BCUT2D eigenvalue weighted by molar-refractivity contribution is 5.66. The van der Waals surface area contributed by atoms with Gasteiger partial charge in [-0.3, -0.25) is 4.90 Å². The summed E-state index contributed by atoms with van der Waals surface area (Å²) in [7, 11) is 0. The van der Waals surface area contributed by atoms with Crippen LogP contribution in [-0.2, 0) is 0 Å². The molecule has 1 amide bonds. The Labute approximate surface area is 91.9 Å². The zero-order chi connectivity index (χ0) is 12.2. The SMILES string of the molecule is CCCC(O)[C@H](C)N(C(=O)O)C(C)(C)C. The number of rotatable bonds is 4. The summed E-state index contributed by atoms with van der Waals surface area (Å²) in [5.41, 5.74) is -0.486. The molecule has 0 spiro atoms. The lowest BCUT2D eigenvalue weighted by Crippen LogP contribution is -2.54. The summed E-state index contributed by atoms with van der Waals surface area (Å²) < 4.78 is 0. The Morgan fingerprint density at radius 3 is 2.13 bits per heavy atom. The number of aliphatic hydroxyl groups excluding tert-OH is 1. The third kappa shape index (κ3) is 4.08. The summed E-state index contributed by atoms with van der Waals surface area (Å²) in [6, 6.07) is -0.373. The quantitative estimate of drug-likeness (QED) is 0.759. The van der Waals surface area contributed by atoms with E-state index in [9.17, 15) is 9.90 Å². The minimum atomic E-state index is -0.981. The van der Waals surface area contributed by atoms with Gasteiger partial charge in [-0.15, -0.1) is 0 Å². The molecule has 4 nitrogen and oxygen atoms in total. The van der Waals surface area contributed by atoms with E-state index in [1.807, 2.05) is 27.7 Å². The van der Waals surface area contributed by atoms with E-state index in [1.54, 1.807) is 6.92 Å². The molecule has 0 fully saturated rings. The average molecular weight is 217 g/mol. The fraction of sp³-hybridized carbons (Fsp3) is 0.909. The molecule has 0 rings (SSSR count). The van der Waals surface area contributed by atoms with Gasteiger partial charge in [-0.05, 0) is 34.1 Å².